The van der Waals surface area contributed by atoms with Gasteiger partial charge in [0.15, 0.2) is 5.78 Å². The minimum absolute atomic E-state index is 0. The Morgan fingerprint density at radius 3 is 2.72 bits per heavy atom. The zero-order chi connectivity index (χ0) is 12.6. The zero-order valence-electron chi connectivity index (χ0n) is 11.0. The highest BCUT2D eigenvalue weighted by molar-refractivity contribution is 5.88. The summed E-state index contributed by atoms with van der Waals surface area (Å²) in [5, 5.41) is 9.94. The fourth-order valence-electron chi connectivity index (χ4n) is 2.49. The number of rotatable bonds is 1. The average Bonchev–Trinajstić information content (AvgIpc) is 2.23. The predicted octanol–water partition coefficient (Wildman–Crippen LogP) is 2.11. The number of halogens is 1. The van der Waals surface area contributed by atoms with Crippen molar-refractivity contribution in [2.75, 3.05) is 13.6 Å². The summed E-state index contributed by atoms with van der Waals surface area (Å²) in [5.41, 5.74) is 1.15. The Kier molecular flexibility index (Phi) is 4.54. The number of Topliss-reactive ketones (excluding diaryl/α,β-unsaturated/α-hetero) is 1. The van der Waals surface area contributed by atoms with E-state index in [1.165, 1.54) is 5.56 Å². The highest BCUT2D eigenvalue weighted by Gasteiger charge is 2.40. The molecule has 2 rings (SSSR count). The number of aliphatic hydroxyl groups is 1. The van der Waals surface area contributed by atoms with Crippen LogP contribution in [0.1, 0.15) is 30.5 Å². The normalized spacial score (nSPS) is 28.9. The Labute approximate surface area is 114 Å². The van der Waals surface area contributed by atoms with Gasteiger partial charge in [-0.2, -0.15) is 0 Å². The maximum absolute atomic E-state index is 11.9. The first kappa shape index (κ1) is 15.2. The van der Waals surface area contributed by atoms with Gasteiger partial charge < -0.3 is 5.11 Å². The molecule has 1 aromatic carbocycles. The number of ketones is 1. The van der Waals surface area contributed by atoms with Crippen molar-refractivity contribution in [2.45, 2.75) is 31.9 Å². The highest BCUT2D eigenvalue weighted by atomic mass is 35.5. The van der Waals surface area contributed by atoms with Crippen molar-refractivity contribution < 1.29 is 9.90 Å². The number of nitrogens with zero attached hydrogens (tertiary/aromatic N) is 1. The van der Waals surface area contributed by atoms with Gasteiger partial charge in [-0.1, -0.05) is 29.8 Å². The van der Waals surface area contributed by atoms with Crippen molar-refractivity contribution in [2.24, 2.45) is 0 Å². The number of hydrogen-bond donors (Lipinski definition) is 1. The third kappa shape index (κ3) is 2.91. The van der Waals surface area contributed by atoms with E-state index >= 15 is 0 Å². The van der Waals surface area contributed by atoms with Crippen LogP contribution in [0.2, 0.25) is 0 Å². The molecule has 0 radical (unpaired) electrons. The molecular weight excluding hydrogens is 250 g/mol. The number of aryl methyl sites for hydroxylation is 1. The second kappa shape index (κ2) is 5.39. The maximum atomic E-state index is 11.9. The molecule has 2 atom stereocenters. The molecule has 0 bridgehead atoms. The van der Waals surface area contributed by atoms with Crippen LogP contribution in [0, 0.1) is 6.92 Å². The molecule has 3 nitrogen and oxygen atoms in total. The predicted molar refractivity (Wildman–Crippen MR) is 74.0 cm³/mol. The number of piperidine rings is 1. The summed E-state index contributed by atoms with van der Waals surface area (Å²) >= 11 is 0. The number of carbonyl (C=O) groups excluding carboxylic acids is 1. The highest BCUT2D eigenvalue weighted by Crippen LogP contribution is 2.31. The molecule has 0 aliphatic carbocycles. The SMILES string of the molecule is Cc1cccc([C@@H]2CC(=O)[C@](C)(O)CN2C)c1.Cl. The summed E-state index contributed by atoms with van der Waals surface area (Å²) in [6, 6.07) is 8.29. The molecule has 0 amide bonds. The lowest BCUT2D eigenvalue weighted by Gasteiger charge is -2.39. The fourth-order valence-corrected chi connectivity index (χ4v) is 2.49. The van der Waals surface area contributed by atoms with Crippen molar-refractivity contribution in [3.63, 3.8) is 0 Å². The molecule has 1 heterocycles. The van der Waals surface area contributed by atoms with E-state index < -0.39 is 5.60 Å². The average molecular weight is 270 g/mol. The molecular formula is C14H20ClNO2. The van der Waals surface area contributed by atoms with E-state index in [-0.39, 0.29) is 24.2 Å². The number of benzene rings is 1. The molecule has 1 aromatic rings. The lowest BCUT2D eigenvalue weighted by Crippen LogP contribution is -2.52. The summed E-state index contributed by atoms with van der Waals surface area (Å²) in [6.07, 6.45) is 0.382. The van der Waals surface area contributed by atoms with Gasteiger partial charge in [-0.3, -0.25) is 9.69 Å². The smallest absolute Gasteiger partial charge is 0.167 e. The monoisotopic (exact) mass is 269 g/mol. The molecule has 1 aliphatic rings. The largest absolute Gasteiger partial charge is 0.381 e. The maximum Gasteiger partial charge on any atom is 0.167 e. The van der Waals surface area contributed by atoms with Crippen molar-refractivity contribution in [1.82, 2.24) is 4.90 Å². The number of carbonyl (C=O) groups is 1. The van der Waals surface area contributed by atoms with E-state index in [2.05, 4.69) is 11.0 Å². The summed E-state index contributed by atoms with van der Waals surface area (Å²) in [7, 11) is 1.95. The standard InChI is InChI=1S/C14H19NO2.ClH/c1-10-5-4-6-11(7-10)12-8-13(16)14(2,17)9-15(12)3;/h4-7,12,17H,8-9H2,1-3H3;1H/t12-,14+;/m0./s1. The summed E-state index contributed by atoms with van der Waals surface area (Å²) in [5.74, 6) is -0.0675. The lowest BCUT2D eigenvalue weighted by atomic mass is 9.86. The molecule has 1 aliphatic heterocycles. The Bertz CT molecular complexity index is 445. The molecule has 0 saturated carbocycles. The minimum Gasteiger partial charge on any atom is -0.381 e. The third-order valence-electron chi connectivity index (χ3n) is 3.50. The van der Waals surface area contributed by atoms with Crippen LogP contribution < -0.4 is 0 Å². The molecule has 0 aromatic heterocycles. The van der Waals surface area contributed by atoms with Crippen molar-refractivity contribution >= 4 is 18.2 Å². The molecule has 18 heavy (non-hydrogen) atoms. The first-order chi connectivity index (χ1) is 7.90. The van der Waals surface area contributed by atoms with E-state index in [1.54, 1.807) is 6.92 Å². The summed E-state index contributed by atoms with van der Waals surface area (Å²) < 4.78 is 0. The molecule has 1 saturated heterocycles. The minimum atomic E-state index is -1.20. The van der Waals surface area contributed by atoms with Crippen LogP contribution in [0.15, 0.2) is 24.3 Å². The van der Waals surface area contributed by atoms with Gasteiger partial charge >= 0.3 is 0 Å². The molecule has 1 fully saturated rings. The fraction of sp³-hybridized carbons (Fsp3) is 0.500. The van der Waals surface area contributed by atoms with Crippen LogP contribution >= 0.6 is 12.4 Å². The quantitative estimate of drug-likeness (QED) is 0.849. The van der Waals surface area contributed by atoms with Crippen LogP contribution in [0.5, 0.6) is 0 Å². The van der Waals surface area contributed by atoms with Crippen molar-refractivity contribution in [3.8, 4) is 0 Å². The van der Waals surface area contributed by atoms with Gasteiger partial charge in [0.1, 0.15) is 5.60 Å². The van der Waals surface area contributed by atoms with E-state index in [0.29, 0.717) is 13.0 Å². The van der Waals surface area contributed by atoms with Gasteiger partial charge in [-0.25, -0.2) is 0 Å². The molecule has 4 heteroatoms. The Morgan fingerprint density at radius 2 is 2.11 bits per heavy atom. The van der Waals surface area contributed by atoms with Crippen LogP contribution in [0.3, 0.4) is 0 Å². The van der Waals surface area contributed by atoms with Crippen LogP contribution in [-0.2, 0) is 4.79 Å². The third-order valence-corrected chi connectivity index (χ3v) is 3.50. The molecule has 1 N–H and O–H groups in total. The van der Waals surface area contributed by atoms with Gasteiger partial charge in [0, 0.05) is 19.0 Å². The van der Waals surface area contributed by atoms with Gasteiger partial charge in [0.05, 0.1) is 0 Å². The topological polar surface area (TPSA) is 40.5 Å². The van der Waals surface area contributed by atoms with Gasteiger partial charge in [-0.05, 0) is 26.5 Å². The van der Waals surface area contributed by atoms with Crippen LogP contribution in [0.4, 0.5) is 0 Å². The van der Waals surface area contributed by atoms with Gasteiger partial charge in [0.2, 0.25) is 0 Å². The second-order valence-corrected chi connectivity index (χ2v) is 5.25. The van der Waals surface area contributed by atoms with Crippen molar-refractivity contribution in [3.05, 3.63) is 35.4 Å². The van der Waals surface area contributed by atoms with Gasteiger partial charge in [0.25, 0.3) is 0 Å². The lowest BCUT2D eigenvalue weighted by molar-refractivity contribution is -0.144. The Morgan fingerprint density at radius 1 is 1.44 bits per heavy atom. The number of likely N-dealkylation sites (tertiary alicyclic amines) is 1. The van der Waals surface area contributed by atoms with E-state index in [1.807, 2.05) is 32.2 Å². The summed E-state index contributed by atoms with van der Waals surface area (Å²) in [4.78, 5) is 13.9. The molecule has 0 unspecified atom stereocenters. The number of hydrogen-bond acceptors (Lipinski definition) is 3. The van der Waals surface area contributed by atoms with Crippen LogP contribution in [0.25, 0.3) is 0 Å². The Balaban J connectivity index is 0.00000162. The van der Waals surface area contributed by atoms with Crippen molar-refractivity contribution in [1.29, 1.82) is 0 Å². The van der Waals surface area contributed by atoms with Crippen LogP contribution in [-0.4, -0.2) is 35.0 Å². The molecule has 0 spiro atoms. The van der Waals surface area contributed by atoms with E-state index in [9.17, 15) is 9.90 Å². The second-order valence-electron chi connectivity index (χ2n) is 5.25. The van der Waals surface area contributed by atoms with E-state index in [0.717, 1.165) is 5.56 Å². The first-order valence-corrected chi connectivity index (χ1v) is 5.92. The number of likely N-dealkylation sites (N-methyl/N-ethyl adjacent to an activating group) is 1. The first-order valence-electron chi connectivity index (χ1n) is 5.92. The van der Waals surface area contributed by atoms with Gasteiger partial charge in [-0.15, -0.1) is 12.4 Å². The zero-order valence-corrected chi connectivity index (χ0v) is 11.8. The number of β-amino-alcohol motifs (C(OH)–C–C–N with tert-alkyl or cyclic N) is 1. The molecule has 100 valence electrons. The van der Waals surface area contributed by atoms with E-state index in [4.69, 9.17) is 0 Å². The Hall–Kier alpha value is -0.900. The summed E-state index contributed by atoms with van der Waals surface area (Å²) in [6.45, 7) is 4.03.